The molecule has 0 fully saturated rings. The lowest BCUT2D eigenvalue weighted by molar-refractivity contribution is -0.305. The van der Waals surface area contributed by atoms with Gasteiger partial charge in [-0.3, -0.25) is 14.4 Å². The molecule has 0 saturated heterocycles. The van der Waals surface area contributed by atoms with Crippen molar-refractivity contribution in [3.05, 3.63) is 0 Å². The van der Waals surface area contributed by atoms with Crippen molar-refractivity contribution < 1.29 is 38.5 Å². The van der Waals surface area contributed by atoms with Gasteiger partial charge >= 0.3 is 17.9 Å². The summed E-state index contributed by atoms with van der Waals surface area (Å²) in [5.41, 5.74) is 0. The number of esters is 3. The molecule has 0 amide bonds. The first kappa shape index (κ1) is 48.9. The second-order valence-corrected chi connectivity index (χ2v) is 14.7. The molecule has 0 rings (SSSR count). The SMILES string of the molecule is CCCCCCCCCCCCCCCCCC(=O)OCC(COC(=O)CCC(=O)[O-])OC(=O)CCCCCCCCCCCCCCCCC. The molecular formula is C43H79O8-. The number of carboxylic acid groups (broad SMARTS) is 1. The largest absolute Gasteiger partial charge is 0.550 e. The normalized spacial score (nSPS) is 11.7. The minimum Gasteiger partial charge on any atom is -0.550 e. The van der Waals surface area contributed by atoms with Gasteiger partial charge in [0.25, 0.3) is 0 Å². The van der Waals surface area contributed by atoms with E-state index in [1.165, 1.54) is 154 Å². The Balaban J connectivity index is 4.08. The van der Waals surface area contributed by atoms with E-state index in [0.717, 1.165) is 32.1 Å². The zero-order valence-electron chi connectivity index (χ0n) is 33.3. The second kappa shape index (κ2) is 39.1. The van der Waals surface area contributed by atoms with Crippen molar-refractivity contribution in [2.75, 3.05) is 13.2 Å². The summed E-state index contributed by atoms with van der Waals surface area (Å²) < 4.78 is 16.0. The Labute approximate surface area is 313 Å². The fourth-order valence-electron chi connectivity index (χ4n) is 6.36. The van der Waals surface area contributed by atoms with Crippen LogP contribution in [0.4, 0.5) is 0 Å². The van der Waals surface area contributed by atoms with Crippen molar-refractivity contribution in [1.29, 1.82) is 0 Å². The lowest BCUT2D eigenvalue weighted by atomic mass is 10.0. The average molecular weight is 724 g/mol. The van der Waals surface area contributed by atoms with E-state index in [-0.39, 0.29) is 32.0 Å². The fraction of sp³-hybridized carbons (Fsp3) is 0.907. The van der Waals surface area contributed by atoms with Gasteiger partial charge in [0, 0.05) is 18.8 Å². The standard InChI is InChI=1S/C43H80O8/c1-3-5-7-9-11-13-15-17-19-21-23-25-27-29-31-33-41(46)49-37-39(38-50-42(47)36-35-40(44)45)51-43(48)34-32-30-28-26-24-22-20-18-16-14-12-10-8-6-4-2/h39H,3-38H2,1-2H3,(H,44,45)/p-1. The Morgan fingerprint density at radius 2 is 0.647 bits per heavy atom. The highest BCUT2D eigenvalue weighted by atomic mass is 16.6. The number of hydrogen-bond donors (Lipinski definition) is 0. The maximum atomic E-state index is 12.5. The first-order valence-corrected chi connectivity index (χ1v) is 21.6. The number of hydrogen-bond acceptors (Lipinski definition) is 8. The zero-order valence-corrected chi connectivity index (χ0v) is 33.3. The summed E-state index contributed by atoms with van der Waals surface area (Å²) in [6, 6.07) is 0. The van der Waals surface area contributed by atoms with Crippen LogP contribution in [0.15, 0.2) is 0 Å². The molecule has 0 aliphatic rings. The van der Waals surface area contributed by atoms with Crippen LogP contribution in [0.3, 0.4) is 0 Å². The third-order valence-electron chi connectivity index (χ3n) is 9.66. The first-order chi connectivity index (χ1) is 24.9. The average Bonchev–Trinajstić information content (AvgIpc) is 3.11. The predicted octanol–water partition coefficient (Wildman–Crippen LogP) is 11.0. The van der Waals surface area contributed by atoms with Gasteiger partial charge in [-0.25, -0.2) is 0 Å². The number of carbonyl (C=O) groups excluding carboxylic acids is 4. The molecule has 8 heteroatoms. The van der Waals surface area contributed by atoms with Crippen LogP contribution in [0.1, 0.15) is 232 Å². The number of ether oxygens (including phenoxy) is 3. The van der Waals surface area contributed by atoms with Crippen molar-refractivity contribution in [3.8, 4) is 0 Å². The Morgan fingerprint density at radius 3 is 0.961 bits per heavy atom. The van der Waals surface area contributed by atoms with Gasteiger partial charge in [-0.15, -0.1) is 0 Å². The Morgan fingerprint density at radius 1 is 0.373 bits per heavy atom. The summed E-state index contributed by atoms with van der Waals surface area (Å²) in [5, 5.41) is 10.7. The van der Waals surface area contributed by atoms with Crippen LogP contribution in [0, 0.1) is 0 Å². The Bertz CT molecular complexity index is 814. The highest BCUT2D eigenvalue weighted by Crippen LogP contribution is 2.16. The predicted molar refractivity (Wildman–Crippen MR) is 205 cm³/mol. The summed E-state index contributed by atoms with van der Waals surface area (Å²) >= 11 is 0. The molecule has 51 heavy (non-hydrogen) atoms. The van der Waals surface area contributed by atoms with E-state index in [1.54, 1.807) is 0 Å². The quantitative estimate of drug-likeness (QED) is 0.0348. The molecule has 0 aliphatic heterocycles. The van der Waals surface area contributed by atoms with E-state index in [0.29, 0.717) is 12.8 Å². The van der Waals surface area contributed by atoms with Crippen LogP contribution < -0.4 is 5.11 Å². The molecule has 0 spiro atoms. The van der Waals surface area contributed by atoms with Crippen LogP contribution in [-0.4, -0.2) is 43.2 Å². The summed E-state index contributed by atoms with van der Waals surface area (Å²) in [7, 11) is 0. The molecule has 0 saturated carbocycles. The summed E-state index contributed by atoms with van der Waals surface area (Å²) in [6.45, 7) is 4.03. The summed E-state index contributed by atoms with van der Waals surface area (Å²) in [6.07, 6.45) is 36.2. The Kier molecular flexibility index (Phi) is 37.5. The van der Waals surface area contributed by atoms with Crippen molar-refractivity contribution in [2.45, 2.75) is 238 Å². The van der Waals surface area contributed by atoms with Crippen LogP contribution in [0.5, 0.6) is 0 Å². The highest BCUT2D eigenvalue weighted by molar-refractivity contribution is 5.75. The van der Waals surface area contributed by atoms with E-state index in [1.807, 2.05) is 0 Å². The van der Waals surface area contributed by atoms with Gasteiger partial charge in [0.05, 0.1) is 6.42 Å². The molecule has 0 radical (unpaired) electrons. The van der Waals surface area contributed by atoms with E-state index < -0.39 is 30.4 Å². The molecular weight excluding hydrogens is 644 g/mol. The lowest BCUT2D eigenvalue weighted by Gasteiger charge is -2.18. The lowest BCUT2D eigenvalue weighted by Crippen LogP contribution is -2.31. The van der Waals surface area contributed by atoms with Crippen molar-refractivity contribution in [3.63, 3.8) is 0 Å². The van der Waals surface area contributed by atoms with Crippen LogP contribution in [0.25, 0.3) is 0 Å². The number of unbranched alkanes of at least 4 members (excludes halogenated alkanes) is 28. The first-order valence-electron chi connectivity index (χ1n) is 21.6. The van der Waals surface area contributed by atoms with Crippen molar-refractivity contribution in [2.24, 2.45) is 0 Å². The van der Waals surface area contributed by atoms with E-state index in [2.05, 4.69) is 13.8 Å². The maximum absolute atomic E-state index is 12.5. The molecule has 0 aromatic heterocycles. The fourth-order valence-corrected chi connectivity index (χ4v) is 6.36. The maximum Gasteiger partial charge on any atom is 0.306 e. The summed E-state index contributed by atoms with van der Waals surface area (Å²) in [5.74, 6) is -2.85. The smallest absolute Gasteiger partial charge is 0.306 e. The number of aliphatic carboxylic acids is 1. The van der Waals surface area contributed by atoms with Gasteiger partial charge in [0.15, 0.2) is 6.10 Å². The molecule has 1 atom stereocenters. The van der Waals surface area contributed by atoms with E-state index in [9.17, 15) is 24.3 Å². The third-order valence-corrected chi connectivity index (χ3v) is 9.66. The topological polar surface area (TPSA) is 119 Å². The van der Waals surface area contributed by atoms with Gasteiger partial charge in [-0.2, -0.15) is 0 Å². The number of carbonyl (C=O) groups is 4. The van der Waals surface area contributed by atoms with Crippen molar-refractivity contribution in [1.82, 2.24) is 0 Å². The minimum atomic E-state index is -1.34. The second-order valence-electron chi connectivity index (χ2n) is 14.7. The molecule has 1 unspecified atom stereocenters. The van der Waals surface area contributed by atoms with Crippen LogP contribution >= 0.6 is 0 Å². The molecule has 0 aliphatic carbocycles. The molecule has 0 heterocycles. The van der Waals surface area contributed by atoms with Gasteiger partial charge in [-0.1, -0.05) is 194 Å². The molecule has 0 aromatic carbocycles. The number of rotatable bonds is 40. The van der Waals surface area contributed by atoms with E-state index >= 15 is 0 Å². The molecule has 0 N–H and O–H groups in total. The van der Waals surface area contributed by atoms with E-state index in [4.69, 9.17) is 14.2 Å². The van der Waals surface area contributed by atoms with Gasteiger partial charge in [-0.05, 0) is 19.3 Å². The van der Waals surface area contributed by atoms with Gasteiger partial charge in [0.1, 0.15) is 13.2 Å². The zero-order chi connectivity index (χ0) is 37.5. The van der Waals surface area contributed by atoms with Gasteiger partial charge in [0.2, 0.25) is 0 Å². The molecule has 0 aromatic rings. The van der Waals surface area contributed by atoms with Crippen molar-refractivity contribution >= 4 is 23.9 Å². The van der Waals surface area contributed by atoms with Crippen LogP contribution in [-0.2, 0) is 33.4 Å². The monoisotopic (exact) mass is 724 g/mol. The molecule has 0 bridgehead atoms. The summed E-state index contributed by atoms with van der Waals surface area (Å²) in [4.78, 5) is 47.5. The Hall–Kier alpha value is -2.12. The molecule has 8 nitrogen and oxygen atoms in total. The van der Waals surface area contributed by atoms with Crippen LogP contribution in [0.2, 0.25) is 0 Å². The number of carboxylic acids is 1. The molecule has 300 valence electrons. The highest BCUT2D eigenvalue weighted by Gasteiger charge is 2.19. The third kappa shape index (κ3) is 38.9. The minimum absolute atomic E-state index is 0.198. The van der Waals surface area contributed by atoms with Gasteiger partial charge < -0.3 is 24.1 Å².